The van der Waals surface area contributed by atoms with Crippen LogP contribution in [0.25, 0.3) is 0 Å². The van der Waals surface area contributed by atoms with Crippen LogP contribution in [0, 0.1) is 5.92 Å². The van der Waals surface area contributed by atoms with Gasteiger partial charge in [0.05, 0.1) is 32.8 Å². The average molecular weight is 619 g/mol. The maximum absolute atomic E-state index is 12.3. The van der Waals surface area contributed by atoms with E-state index in [0.717, 1.165) is 36.1 Å². The van der Waals surface area contributed by atoms with E-state index in [1.807, 2.05) is 48.5 Å². The molecule has 1 aliphatic rings. The van der Waals surface area contributed by atoms with Crippen LogP contribution >= 0.6 is 0 Å². The van der Waals surface area contributed by atoms with Crippen molar-refractivity contribution in [2.75, 3.05) is 68.6 Å². The van der Waals surface area contributed by atoms with Gasteiger partial charge in [0.25, 0.3) is 0 Å². The lowest BCUT2D eigenvalue weighted by Gasteiger charge is -2.21. The lowest BCUT2D eigenvalue weighted by molar-refractivity contribution is -0.120. The summed E-state index contributed by atoms with van der Waals surface area (Å²) in [6.07, 6.45) is 8.17. The number of benzene rings is 2. The number of hydrogen-bond donors (Lipinski definition) is 5. The fourth-order valence-electron chi connectivity index (χ4n) is 5.05. The zero-order chi connectivity index (χ0) is 31.5. The molecule has 0 atom stereocenters. The molecule has 6 N–H and O–H groups in total. The number of carbonyl (C=O) groups is 2. The smallest absolute Gasteiger partial charge is 0.233 e. The van der Waals surface area contributed by atoms with Gasteiger partial charge in [-0.15, -0.1) is 0 Å². The Hall–Kier alpha value is -4.13. The maximum Gasteiger partial charge on any atom is 0.233 e. The van der Waals surface area contributed by atoms with E-state index < -0.39 is 0 Å². The summed E-state index contributed by atoms with van der Waals surface area (Å²) >= 11 is 0. The number of aromatic nitrogens is 3. The molecule has 0 radical (unpaired) electrons. The minimum Gasteiger partial charge on any atom is -0.378 e. The molecule has 0 unspecified atom stereocenters. The van der Waals surface area contributed by atoms with Crippen molar-refractivity contribution in [1.82, 2.24) is 20.3 Å². The van der Waals surface area contributed by atoms with Gasteiger partial charge in [0.2, 0.25) is 23.8 Å². The second-order valence-electron chi connectivity index (χ2n) is 11.1. The van der Waals surface area contributed by atoms with Crippen LogP contribution in [0.3, 0.4) is 0 Å². The predicted octanol–water partition coefficient (Wildman–Crippen LogP) is 3.73. The van der Waals surface area contributed by atoms with Gasteiger partial charge in [-0.3, -0.25) is 9.59 Å². The first kappa shape index (κ1) is 33.8. The second kappa shape index (κ2) is 19.3. The predicted molar refractivity (Wildman–Crippen MR) is 176 cm³/mol. The highest BCUT2D eigenvalue weighted by atomic mass is 16.5. The zero-order valence-electron chi connectivity index (χ0n) is 25.9. The molecule has 3 aromatic rings. The molecule has 0 saturated heterocycles. The van der Waals surface area contributed by atoms with Crippen molar-refractivity contribution in [3.8, 4) is 0 Å². The summed E-state index contributed by atoms with van der Waals surface area (Å²) in [5, 5.41) is 12.9. The third kappa shape index (κ3) is 12.8. The van der Waals surface area contributed by atoms with Gasteiger partial charge in [-0.05, 0) is 48.4 Å². The van der Waals surface area contributed by atoms with E-state index in [2.05, 4.69) is 36.2 Å². The van der Waals surface area contributed by atoms with E-state index >= 15 is 0 Å². The van der Waals surface area contributed by atoms with E-state index in [1.165, 1.54) is 32.1 Å². The number of carbonyl (C=O) groups excluding carboxylic acids is 2. The van der Waals surface area contributed by atoms with E-state index in [0.29, 0.717) is 75.4 Å². The van der Waals surface area contributed by atoms with Crippen molar-refractivity contribution in [3.05, 3.63) is 65.2 Å². The van der Waals surface area contributed by atoms with E-state index in [-0.39, 0.29) is 12.3 Å². The lowest BCUT2D eigenvalue weighted by atomic mass is 9.89. The summed E-state index contributed by atoms with van der Waals surface area (Å²) in [6.45, 7) is 4.29. The molecule has 1 amide bonds. The van der Waals surface area contributed by atoms with E-state index in [9.17, 15) is 9.59 Å². The van der Waals surface area contributed by atoms with Gasteiger partial charge in [0.1, 0.15) is 6.29 Å². The number of aldehydes is 1. The Morgan fingerprint density at radius 2 is 1.47 bits per heavy atom. The molecule has 45 heavy (non-hydrogen) atoms. The topological polar surface area (TPSA) is 165 Å². The Labute approximate surface area is 265 Å². The van der Waals surface area contributed by atoms with Crippen LogP contribution in [-0.2, 0) is 27.1 Å². The molecule has 4 rings (SSSR count). The molecule has 1 saturated carbocycles. The number of nitrogens with one attached hydrogen (secondary N) is 4. The highest BCUT2D eigenvalue weighted by Gasteiger charge is 2.15. The molecule has 1 aromatic heterocycles. The SMILES string of the molecule is NCCOCCOCCNC(=O)Cc1ccc(Nc2nc(NCCc3ccc(C=O)cc3)nc(NCC3CCCCC3)n2)cc1. The molecule has 1 aliphatic carbocycles. The Morgan fingerprint density at radius 3 is 2.18 bits per heavy atom. The number of rotatable bonds is 20. The monoisotopic (exact) mass is 618 g/mol. The van der Waals surface area contributed by atoms with Crippen LogP contribution in [-0.4, -0.2) is 79.8 Å². The lowest BCUT2D eigenvalue weighted by Crippen LogP contribution is -2.29. The van der Waals surface area contributed by atoms with Crippen LogP contribution in [0.15, 0.2) is 48.5 Å². The standard InChI is InChI=1S/C33H46N8O4/c34-15-18-44-20-21-45-19-17-35-30(43)22-26-10-12-29(13-11-26)38-33-40-31(36-16-14-25-6-8-28(24-42)9-7-25)39-32(41-33)37-23-27-4-2-1-3-5-27/h6-13,24,27H,1-5,14-23,34H2,(H,35,43)(H3,36,37,38,39,40,41). The van der Waals surface area contributed by atoms with Gasteiger partial charge in [-0.25, -0.2) is 0 Å². The summed E-state index contributed by atoms with van der Waals surface area (Å²) < 4.78 is 10.7. The quantitative estimate of drug-likeness (QED) is 0.0925. The summed E-state index contributed by atoms with van der Waals surface area (Å²) in [5.74, 6) is 1.98. The first-order chi connectivity index (χ1) is 22.1. The van der Waals surface area contributed by atoms with Gasteiger partial charge in [0.15, 0.2) is 0 Å². The molecule has 2 aromatic carbocycles. The third-order valence-electron chi connectivity index (χ3n) is 7.50. The summed E-state index contributed by atoms with van der Waals surface area (Å²) in [7, 11) is 0. The fourth-order valence-corrected chi connectivity index (χ4v) is 5.05. The van der Waals surface area contributed by atoms with Crippen molar-refractivity contribution in [1.29, 1.82) is 0 Å². The summed E-state index contributed by atoms with van der Waals surface area (Å²) in [5.41, 5.74) is 8.84. The summed E-state index contributed by atoms with van der Waals surface area (Å²) in [6, 6.07) is 15.2. The molecular weight excluding hydrogens is 572 g/mol. The Kier molecular flexibility index (Phi) is 14.5. The average Bonchev–Trinajstić information content (AvgIpc) is 3.07. The number of anilines is 4. The van der Waals surface area contributed by atoms with Gasteiger partial charge < -0.3 is 36.5 Å². The molecular formula is C33H46N8O4. The third-order valence-corrected chi connectivity index (χ3v) is 7.50. The van der Waals surface area contributed by atoms with Crippen LogP contribution in [0.2, 0.25) is 0 Å². The van der Waals surface area contributed by atoms with Crippen molar-refractivity contribution in [2.45, 2.75) is 44.9 Å². The minimum atomic E-state index is -0.0692. The van der Waals surface area contributed by atoms with Gasteiger partial charge >= 0.3 is 0 Å². The molecule has 1 fully saturated rings. The zero-order valence-corrected chi connectivity index (χ0v) is 25.9. The van der Waals surface area contributed by atoms with Crippen molar-refractivity contribution >= 4 is 35.7 Å². The minimum absolute atomic E-state index is 0.0692. The van der Waals surface area contributed by atoms with Crippen molar-refractivity contribution < 1.29 is 19.1 Å². The highest BCUT2D eigenvalue weighted by molar-refractivity contribution is 5.78. The van der Waals surface area contributed by atoms with E-state index in [4.69, 9.17) is 15.2 Å². The number of amides is 1. The molecule has 12 nitrogen and oxygen atoms in total. The number of nitrogens with zero attached hydrogens (tertiary/aromatic N) is 3. The normalized spacial score (nSPS) is 13.3. The van der Waals surface area contributed by atoms with Crippen LogP contribution in [0.5, 0.6) is 0 Å². The molecule has 242 valence electrons. The van der Waals surface area contributed by atoms with E-state index in [1.54, 1.807) is 0 Å². The Morgan fingerprint density at radius 1 is 0.800 bits per heavy atom. The molecule has 0 aliphatic heterocycles. The first-order valence-electron chi connectivity index (χ1n) is 15.9. The highest BCUT2D eigenvalue weighted by Crippen LogP contribution is 2.24. The maximum atomic E-state index is 12.3. The van der Waals surface area contributed by atoms with Gasteiger partial charge in [-0.2, -0.15) is 15.0 Å². The summed E-state index contributed by atoms with van der Waals surface area (Å²) in [4.78, 5) is 37.1. The Balaban J connectivity index is 1.29. The Bertz CT molecular complexity index is 1300. The second-order valence-corrected chi connectivity index (χ2v) is 11.1. The van der Waals surface area contributed by atoms with Gasteiger partial charge in [-0.1, -0.05) is 55.7 Å². The fraction of sp³-hybridized carbons (Fsp3) is 0.485. The molecule has 0 spiro atoms. The molecule has 1 heterocycles. The number of ether oxygens (including phenoxy) is 2. The molecule has 12 heteroatoms. The van der Waals surface area contributed by atoms with Crippen LogP contribution in [0.4, 0.5) is 23.5 Å². The van der Waals surface area contributed by atoms with Crippen molar-refractivity contribution in [2.24, 2.45) is 11.7 Å². The first-order valence-corrected chi connectivity index (χ1v) is 15.9. The largest absolute Gasteiger partial charge is 0.378 e. The van der Waals surface area contributed by atoms with Crippen molar-refractivity contribution in [3.63, 3.8) is 0 Å². The number of nitrogens with two attached hydrogens (primary N) is 1. The van der Waals surface area contributed by atoms with Crippen LogP contribution < -0.4 is 27.0 Å². The molecule has 0 bridgehead atoms. The van der Waals surface area contributed by atoms with Crippen LogP contribution in [0.1, 0.15) is 53.6 Å². The van der Waals surface area contributed by atoms with Gasteiger partial charge in [0, 0.05) is 37.4 Å². The number of hydrogen-bond acceptors (Lipinski definition) is 11.